The summed E-state index contributed by atoms with van der Waals surface area (Å²) < 4.78 is 0. The van der Waals surface area contributed by atoms with E-state index in [4.69, 9.17) is 5.11 Å². The first-order valence-electron chi connectivity index (χ1n) is 5.49. The number of anilines is 1. The largest absolute Gasteiger partial charge is 0.477 e. The highest BCUT2D eigenvalue weighted by Gasteiger charge is 2.11. The molecule has 2 heterocycles. The predicted molar refractivity (Wildman–Crippen MR) is 68.1 cm³/mol. The highest BCUT2D eigenvalue weighted by Crippen LogP contribution is 2.13. The molecule has 6 nitrogen and oxygen atoms in total. The van der Waals surface area contributed by atoms with Gasteiger partial charge in [0.1, 0.15) is 5.69 Å². The third-order valence-electron chi connectivity index (χ3n) is 2.51. The predicted octanol–water partition coefficient (Wildman–Crippen LogP) is 1.74. The highest BCUT2D eigenvalue weighted by molar-refractivity contribution is 6.05. The van der Waals surface area contributed by atoms with Gasteiger partial charge in [-0.15, -0.1) is 0 Å². The van der Waals surface area contributed by atoms with Crippen molar-refractivity contribution >= 4 is 17.6 Å². The number of carboxylic acid groups (broad SMARTS) is 1. The maximum atomic E-state index is 12.0. The maximum absolute atomic E-state index is 12.0. The summed E-state index contributed by atoms with van der Waals surface area (Å²) in [5.74, 6) is -1.56. The van der Waals surface area contributed by atoms with Gasteiger partial charge in [-0.1, -0.05) is 0 Å². The lowest BCUT2D eigenvalue weighted by atomic mass is 10.2. The molecule has 0 saturated heterocycles. The molecule has 2 aromatic heterocycles. The van der Waals surface area contributed by atoms with E-state index < -0.39 is 5.97 Å². The number of pyridine rings is 2. The fourth-order valence-corrected chi connectivity index (χ4v) is 1.50. The molecule has 1 amide bonds. The Balaban J connectivity index is 2.23. The van der Waals surface area contributed by atoms with Crippen molar-refractivity contribution in [3.8, 4) is 0 Å². The van der Waals surface area contributed by atoms with Gasteiger partial charge in [0, 0.05) is 29.8 Å². The Labute approximate surface area is 109 Å². The number of aromatic carboxylic acids is 1. The number of rotatable bonds is 3. The molecule has 6 heteroatoms. The van der Waals surface area contributed by atoms with Crippen LogP contribution in [-0.4, -0.2) is 27.0 Å². The quantitative estimate of drug-likeness (QED) is 0.873. The van der Waals surface area contributed by atoms with Crippen molar-refractivity contribution in [2.75, 3.05) is 5.32 Å². The SMILES string of the molecule is Cc1cnccc1NC(=O)c1ccnc(C(=O)O)c1. The van der Waals surface area contributed by atoms with Crippen LogP contribution in [-0.2, 0) is 0 Å². The molecular weight excluding hydrogens is 246 g/mol. The third-order valence-corrected chi connectivity index (χ3v) is 2.51. The summed E-state index contributed by atoms with van der Waals surface area (Å²) in [5.41, 5.74) is 1.53. The van der Waals surface area contributed by atoms with Crippen LogP contribution in [0.25, 0.3) is 0 Å². The fraction of sp³-hybridized carbons (Fsp3) is 0.0769. The Morgan fingerprint density at radius 1 is 1.26 bits per heavy atom. The zero-order valence-electron chi connectivity index (χ0n) is 10.1. The minimum absolute atomic E-state index is 0.167. The van der Waals surface area contributed by atoms with Gasteiger partial charge < -0.3 is 10.4 Å². The summed E-state index contributed by atoms with van der Waals surface area (Å²) in [6.07, 6.45) is 4.49. The summed E-state index contributed by atoms with van der Waals surface area (Å²) in [6.45, 7) is 1.82. The molecule has 0 bridgehead atoms. The molecule has 0 aliphatic rings. The number of hydrogen-bond acceptors (Lipinski definition) is 4. The topological polar surface area (TPSA) is 92.2 Å². The normalized spacial score (nSPS) is 9.95. The molecule has 0 radical (unpaired) electrons. The van der Waals surface area contributed by atoms with Gasteiger partial charge in [0.2, 0.25) is 0 Å². The first kappa shape index (κ1) is 12.7. The van der Waals surface area contributed by atoms with E-state index in [0.717, 1.165) is 5.56 Å². The zero-order chi connectivity index (χ0) is 13.8. The van der Waals surface area contributed by atoms with Crippen LogP contribution >= 0.6 is 0 Å². The van der Waals surface area contributed by atoms with E-state index in [2.05, 4.69) is 15.3 Å². The van der Waals surface area contributed by atoms with Crippen molar-refractivity contribution in [2.24, 2.45) is 0 Å². The fourth-order valence-electron chi connectivity index (χ4n) is 1.50. The number of nitrogens with zero attached hydrogens (tertiary/aromatic N) is 2. The second-order valence-electron chi connectivity index (χ2n) is 3.88. The van der Waals surface area contributed by atoms with E-state index in [1.54, 1.807) is 18.5 Å². The van der Waals surface area contributed by atoms with Gasteiger partial charge in [0.15, 0.2) is 0 Å². The molecule has 2 N–H and O–H groups in total. The molecule has 2 rings (SSSR count). The second-order valence-corrected chi connectivity index (χ2v) is 3.88. The number of carbonyl (C=O) groups is 2. The van der Waals surface area contributed by atoms with Crippen molar-refractivity contribution in [3.63, 3.8) is 0 Å². The lowest BCUT2D eigenvalue weighted by molar-refractivity contribution is 0.0690. The summed E-state index contributed by atoms with van der Waals surface area (Å²) in [7, 11) is 0. The van der Waals surface area contributed by atoms with Gasteiger partial charge in [-0.3, -0.25) is 9.78 Å². The van der Waals surface area contributed by atoms with E-state index >= 15 is 0 Å². The van der Waals surface area contributed by atoms with Gasteiger partial charge in [-0.2, -0.15) is 0 Å². The molecule has 19 heavy (non-hydrogen) atoms. The summed E-state index contributed by atoms with van der Waals surface area (Å²) >= 11 is 0. The summed E-state index contributed by atoms with van der Waals surface area (Å²) in [5, 5.41) is 11.5. The number of hydrogen-bond donors (Lipinski definition) is 2. The van der Waals surface area contributed by atoms with Crippen LogP contribution in [0.4, 0.5) is 5.69 Å². The Bertz CT molecular complexity index is 641. The van der Waals surface area contributed by atoms with Gasteiger partial charge >= 0.3 is 5.97 Å². The Morgan fingerprint density at radius 3 is 2.74 bits per heavy atom. The molecule has 0 spiro atoms. The van der Waals surface area contributed by atoms with E-state index in [1.807, 2.05) is 6.92 Å². The van der Waals surface area contributed by atoms with Crippen molar-refractivity contribution < 1.29 is 14.7 Å². The van der Waals surface area contributed by atoms with Crippen LogP contribution in [0.2, 0.25) is 0 Å². The van der Waals surface area contributed by atoms with E-state index in [1.165, 1.54) is 18.3 Å². The van der Waals surface area contributed by atoms with Crippen LogP contribution in [0.15, 0.2) is 36.8 Å². The standard InChI is InChI=1S/C13H11N3O3/c1-8-7-14-4-3-10(8)16-12(17)9-2-5-15-11(6-9)13(18)19/h2-7H,1H3,(H,18,19)(H,14,16,17). The lowest BCUT2D eigenvalue weighted by Gasteiger charge is -2.07. The molecule has 0 atom stereocenters. The maximum Gasteiger partial charge on any atom is 0.354 e. The van der Waals surface area contributed by atoms with Crippen molar-refractivity contribution in [1.29, 1.82) is 0 Å². The van der Waals surface area contributed by atoms with Crippen LogP contribution in [0.3, 0.4) is 0 Å². The molecule has 0 fully saturated rings. The van der Waals surface area contributed by atoms with Gasteiger partial charge in [0.05, 0.1) is 0 Å². The Morgan fingerprint density at radius 2 is 2.05 bits per heavy atom. The van der Waals surface area contributed by atoms with Crippen LogP contribution < -0.4 is 5.32 Å². The van der Waals surface area contributed by atoms with Gasteiger partial charge in [0.25, 0.3) is 5.91 Å². The lowest BCUT2D eigenvalue weighted by Crippen LogP contribution is -2.14. The highest BCUT2D eigenvalue weighted by atomic mass is 16.4. The number of aromatic nitrogens is 2. The third kappa shape index (κ3) is 2.92. The monoisotopic (exact) mass is 257 g/mol. The number of carboxylic acids is 1. The van der Waals surface area contributed by atoms with Crippen LogP contribution in [0, 0.1) is 6.92 Å². The molecule has 2 aromatic rings. The number of nitrogens with one attached hydrogen (secondary N) is 1. The van der Waals surface area contributed by atoms with Crippen molar-refractivity contribution in [3.05, 3.63) is 53.6 Å². The number of carbonyl (C=O) groups excluding carboxylic acids is 1. The average molecular weight is 257 g/mol. The molecule has 0 aliphatic heterocycles. The van der Waals surface area contributed by atoms with Gasteiger partial charge in [-0.05, 0) is 30.7 Å². The minimum atomic E-state index is -1.17. The summed E-state index contributed by atoms with van der Waals surface area (Å²) in [6, 6.07) is 4.36. The zero-order valence-corrected chi connectivity index (χ0v) is 10.1. The first-order chi connectivity index (χ1) is 9.08. The number of amides is 1. The molecule has 0 unspecified atom stereocenters. The van der Waals surface area contributed by atoms with E-state index in [0.29, 0.717) is 5.69 Å². The summed E-state index contributed by atoms with van der Waals surface area (Å²) in [4.78, 5) is 30.4. The Hall–Kier alpha value is -2.76. The number of aryl methyl sites for hydroxylation is 1. The second kappa shape index (κ2) is 5.26. The van der Waals surface area contributed by atoms with Crippen molar-refractivity contribution in [2.45, 2.75) is 6.92 Å². The van der Waals surface area contributed by atoms with E-state index in [-0.39, 0.29) is 17.2 Å². The average Bonchev–Trinajstić information content (AvgIpc) is 2.41. The van der Waals surface area contributed by atoms with E-state index in [9.17, 15) is 9.59 Å². The molecular formula is C13H11N3O3. The molecule has 0 aliphatic carbocycles. The van der Waals surface area contributed by atoms with Crippen LogP contribution in [0.5, 0.6) is 0 Å². The van der Waals surface area contributed by atoms with Crippen molar-refractivity contribution in [1.82, 2.24) is 9.97 Å². The first-order valence-corrected chi connectivity index (χ1v) is 5.49. The molecule has 0 aromatic carbocycles. The smallest absolute Gasteiger partial charge is 0.354 e. The minimum Gasteiger partial charge on any atom is -0.477 e. The Kier molecular flexibility index (Phi) is 3.51. The molecule has 96 valence electrons. The van der Waals surface area contributed by atoms with Gasteiger partial charge in [-0.25, -0.2) is 9.78 Å². The van der Waals surface area contributed by atoms with Crippen LogP contribution in [0.1, 0.15) is 26.4 Å². The molecule has 0 saturated carbocycles.